The van der Waals surface area contributed by atoms with E-state index < -0.39 is 0 Å². The SMILES string of the molecule is Clc1ccc(-c2cnc(-c3ccncn3)[nH]2)c(Cl)c1. The van der Waals surface area contributed by atoms with E-state index in [0.29, 0.717) is 15.9 Å². The molecule has 0 unspecified atom stereocenters. The number of nitrogens with zero attached hydrogens (tertiary/aromatic N) is 3. The van der Waals surface area contributed by atoms with Gasteiger partial charge < -0.3 is 4.98 Å². The zero-order chi connectivity index (χ0) is 13.2. The van der Waals surface area contributed by atoms with Crippen molar-refractivity contribution in [1.29, 1.82) is 0 Å². The van der Waals surface area contributed by atoms with Crippen molar-refractivity contribution in [3.8, 4) is 22.8 Å². The predicted molar refractivity (Wildman–Crippen MR) is 75.1 cm³/mol. The highest BCUT2D eigenvalue weighted by atomic mass is 35.5. The van der Waals surface area contributed by atoms with Crippen molar-refractivity contribution in [3.63, 3.8) is 0 Å². The molecule has 0 spiro atoms. The summed E-state index contributed by atoms with van der Waals surface area (Å²) in [5.74, 6) is 0.670. The maximum Gasteiger partial charge on any atom is 0.156 e. The maximum atomic E-state index is 6.16. The van der Waals surface area contributed by atoms with Crippen LogP contribution in [0.2, 0.25) is 10.0 Å². The van der Waals surface area contributed by atoms with Gasteiger partial charge in [0.25, 0.3) is 0 Å². The van der Waals surface area contributed by atoms with Gasteiger partial charge in [0.05, 0.1) is 16.9 Å². The van der Waals surface area contributed by atoms with Crippen LogP contribution in [0.5, 0.6) is 0 Å². The van der Waals surface area contributed by atoms with Crippen LogP contribution >= 0.6 is 23.2 Å². The summed E-state index contributed by atoms with van der Waals surface area (Å²) in [6, 6.07) is 7.12. The molecule has 1 aromatic carbocycles. The fraction of sp³-hybridized carbons (Fsp3) is 0. The number of nitrogens with one attached hydrogen (secondary N) is 1. The molecule has 3 aromatic rings. The number of aromatic amines is 1. The van der Waals surface area contributed by atoms with Crippen LogP contribution < -0.4 is 0 Å². The number of aromatic nitrogens is 4. The maximum absolute atomic E-state index is 6.16. The van der Waals surface area contributed by atoms with Gasteiger partial charge in [0.15, 0.2) is 5.82 Å². The van der Waals surface area contributed by atoms with E-state index in [0.717, 1.165) is 17.0 Å². The summed E-state index contributed by atoms with van der Waals surface area (Å²) in [6.45, 7) is 0. The van der Waals surface area contributed by atoms with Crippen LogP contribution in [0.4, 0.5) is 0 Å². The lowest BCUT2D eigenvalue weighted by Gasteiger charge is -2.01. The minimum atomic E-state index is 0.574. The van der Waals surface area contributed by atoms with Gasteiger partial charge in [0, 0.05) is 16.8 Å². The quantitative estimate of drug-likeness (QED) is 0.780. The molecule has 4 nitrogen and oxygen atoms in total. The van der Waals surface area contributed by atoms with E-state index in [1.165, 1.54) is 6.33 Å². The van der Waals surface area contributed by atoms with Crippen molar-refractivity contribution >= 4 is 23.2 Å². The van der Waals surface area contributed by atoms with E-state index in [1.54, 1.807) is 30.6 Å². The van der Waals surface area contributed by atoms with E-state index >= 15 is 0 Å². The summed E-state index contributed by atoms with van der Waals surface area (Å²) in [5, 5.41) is 1.18. The standard InChI is InChI=1S/C13H8Cl2N4/c14-8-1-2-9(10(15)5-8)12-6-17-13(19-12)11-3-4-16-7-18-11/h1-7H,(H,17,19). The van der Waals surface area contributed by atoms with Gasteiger partial charge in [-0.25, -0.2) is 15.0 Å². The molecule has 2 aromatic heterocycles. The highest BCUT2D eigenvalue weighted by Gasteiger charge is 2.09. The molecular weight excluding hydrogens is 283 g/mol. The van der Waals surface area contributed by atoms with E-state index in [-0.39, 0.29) is 0 Å². The smallest absolute Gasteiger partial charge is 0.156 e. The zero-order valence-corrected chi connectivity index (χ0v) is 11.2. The van der Waals surface area contributed by atoms with Crippen LogP contribution in [-0.2, 0) is 0 Å². The molecule has 0 fully saturated rings. The Labute approximate surface area is 119 Å². The third-order valence-electron chi connectivity index (χ3n) is 2.62. The summed E-state index contributed by atoms with van der Waals surface area (Å²) in [5.41, 5.74) is 2.39. The Hall–Kier alpha value is -1.91. The lowest BCUT2D eigenvalue weighted by Crippen LogP contribution is -1.86. The van der Waals surface area contributed by atoms with Crippen LogP contribution in [0.1, 0.15) is 0 Å². The molecule has 0 amide bonds. The number of rotatable bonds is 2. The Balaban J connectivity index is 2.02. The summed E-state index contributed by atoms with van der Waals surface area (Å²) >= 11 is 12.0. The molecular formula is C13H8Cl2N4. The summed E-state index contributed by atoms with van der Waals surface area (Å²) in [7, 11) is 0. The average molecular weight is 291 g/mol. The number of hydrogen-bond donors (Lipinski definition) is 1. The van der Waals surface area contributed by atoms with Crippen molar-refractivity contribution < 1.29 is 0 Å². The second-order valence-electron chi connectivity index (χ2n) is 3.86. The largest absolute Gasteiger partial charge is 0.337 e. The van der Waals surface area contributed by atoms with Gasteiger partial charge >= 0.3 is 0 Å². The van der Waals surface area contributed by atoms with Crippen LogP contribution in [0, 0.1) is 0 Å². The Morgan fingerprint density at radius 3 is 2.68 bits per heavy atom. The highest BCUT2D eigenvalue weighted by molar-refractivity contribution is 6.36. The molecule has 0 aliphatic carbocycles. The number of halogens is 2. The Morgan fingerprint density at radius 1 is 1.05 bits per heavy atom. The Morgan fingerprint density at radius 2 is 1.95 bits per heavy atom. The molecule has 6 heteroatoms. The second kappa shape index (κ2) is 4.99. The summed E-state index contributed by atoms with van der Waals surface area (Å²) in [6.07, 6.45) is 4.86. The number of hydrogen-bond acceptors (Lipinski definition) is 3. The van der Waals surface area contributed by atoms with Gasteiger partial charge in [-0.05, 0) is 24.3 Å². The van der Waals surface area contributed by atoms with Gasteiger partial charge in [0.2, 0.25) is 0 Å². The van der Waals surface area contributed by atoms with Crippen LogP contribution in [0.25, 0.3) is 22.8 Å². The molecule has 0 radical (unpaired) electrons. The molecule has 0 saturated heterocycles. The monoisotopic (exact) mass is 290 g/mol. The predicted octanol–water partition coefficient (Wildman–Crippen LogP) is 3.84. The fourth-order valence-corrected chi connectivity index (χ4v) is 2.24. The molecule has 3 rings (SSSR count). The highest BCUT2D eigenvalue weighted by Crippen LogP contribution is 2.30. The number of imidazole rings is 1. The molecule has 0 aliphatic heterocycles. The normalized spacial score (nSPS) is 10.6. The van der Waals surface area contributed by atoms with Gasteiger partial charge in [-0.1, -0.05) is 23.2 Å². The number of benzene rings is 1. The van der Waals surface area contributed by atoms with Crippen LogP contribution in [0.15, 0.2) is 43.0 Å². The first-order chi connectivity index (χ1) is 9.24. The zero-order valence-electron chi connectivity index (χ0n) is 9.64. The molecule has 0 aliphatic rings. The second-order valence-corrected chi connectivity index (χ2v) is 4.71. The van der Waals surface area contributed by atoms with Crippen molar-refractivity contribution in [2.24, 2.45) is 0 Å². The van der Waals surface area contributed by atoms with Crippen molar-refractivity contribution in [3.05, 3.63) is 53.0 Å². The minimum absolute atomic E-state index is 0.574. The topological polar surface area (TPSA) is 54.5 Å². The number of H-pyrrole nitrogens is 1. The van der Waals surface area contributed by atoms with Crippen molar-refractivity contribution in [1.82, 2.24) is 19.9 Å². The third-order valence-corrected chi connectivity index (χ3v) is 3.17. The summed E-state index contributed by atoms with van der Waals surface area (Å²) in [4.78, 5) is 15.5. The van der Waals surface area contributed by atoms with Gasteiger partial charge in [-0.15, -0.1) is 0 Å². The first kappa shape index (κ1) is 12.1. The lowest BCUT2D eigenvalue weighted by molar-refractivity contribution is 1.14. The summed E-state index contributed by atoms with van der Waals surface area (Å²) < 4.78 is 0. The first-order valence-corrected chi connectivity index (χ1v) is 6.26. The molecule has 0 bridgehead atoms. The van der Waals surface area contributed by atoms with Gasteiger partial charge in [0.1, 0.15) is 12.0 Å². The first-order valence-electron chi connectivity index (χ1n) is 5.51. The van der Waals surface area contributed by atoms with E-state index in [2.05, 4.69) is 19.9 Å². The molecule has 1 N–H and O–H groups in total. The van der Waals surface area contributed by atoms with Gasteiger partial charge in [-0.3, -0.25) is 0 Å². The van der Waals surface area contributed by atoms with E-state index in [9.17, 15) is 0 Å². The fourth-order valence-electron chi connectivity index (χ4n) is 1.73. The van der Waals surface area contributed by atoms with Crippen molar-refractivity contribution in [2.45, 2.75) is 0 Å². The van der Waals surface area contributed by atoms with Gasteiger partial charge in [-0.2, -0.15) is 0 Å². The van der Waals surface area contributed by atoms with E-state index in [4.69, 9.17) is 23.2 Å². The van der Waals surface area contributed by atoms with E-state index in [1.807, 2.05) is 6.07 Å². The average Bonchev–Trinajstić information content (AvgIpc) is 2.89. The molecule has 2 heterocycles. The Bertz CT molecular complexity index is 710. The molecule has 94 valence electrons. The molecule has 0 saturated carbocycles. The minimum Gasteiger partial charge on any atom is -0.337 e. The molecule has 19 heavy (non-hydrogen) atoms. The van der Waals surface area contributed by atoms with Crippen LogP contribution in [0.3, 0.4) is 0 Å². The van der Waals surface area contributed by atoms with Crippen LogP contribution in [-0.4, -0.2) is 19.9 Å². The van der Waals surface area contributed by atoms with Crippen molar-refractivity contribution in [2.75, 3.05) is 0 Å². The molecule has 0 atom stereocenters. The Kier molecular flexibility index (Phi) is 3.19. The lowest BCUT2D eigenvalue weighted by atomic mass is 10.2. The third kappa shape index (κ3) is 2.45.